The Hall–Kier alpha value is -2.65. The maximum absolute atomic E-state index is 13.8. The fourth-order valence-electron chi connectivity index (χ4n) is 1.94. The first-order valence-electron chi connectivity index (χ1n) is 7.52. The number of carbonyl (C=O) groups excluding carboxylic acids is 1. The van der Waals surface area contributed by atoms with E-state index in [1.54, 1.807) is 6.07 Å². The van der Waals surface area contributed by atoms with Gasteiger partial charge in [-0.3, -0.25) is 9.36 Å². The van der Waals surface area contributed by atoms with E-state index >= 15 is 0 Å². The summed E-state index contributed by atoms with van der Waals surface area (Å²) in [5, 5.41) is 0. The number of rotatable bonds is 7. The molecule has 0 saturated carbocycles. The predicted octanol–water partition coefficient (Wildman–Crippen LogP) is 4.01. The Morgan fingerprint density at radius 1 is 0.964 bits per heavy atom. The van der Waals surface area contributed by atoms with Crippen molar-refractivity contribution in [1.82, 2.24) is 4.83 Å². The van der Waals surface area contributed by atoms with Crippen molar-refractivity contribution in [2.75, 3.05) is 7.11 Å². The van der Waals surface area contributed by atoms with E-state index in [4.69, 9.17) is 4.84 Å². The van der Waals surface area contributed by atoms with Crippen LogP contribution in [0.1, 0.15) is 6.92 Å². The highest BCUT2D eigenvalue weighted by Crippen LogP contribution is 2.39. The average Bonchev–Trinajstić information content (AvgIpc) is 2.71. The molecule has 2 aromatic carbocycles. The minimum absolute atomic E-state index is 0.0533. The quantitative estimate of drug-likeness (QED) is 0.167. The van der Waals surface area contributed by atoms with Gasteiger partial charge in [-0.25, -0.2) is 13.2 Å². The van der Waals surface area contributed by atoms with Crippen LogP contribution in [0.15, 0.2) is 30.3 Å². The summed E-state index contributed by atoms with van der Waals surface area (Å²) in [5.74, 6) is -14.3. The number of esters is 1. The number of hydroxylamine groups is 1. The van der Waals surface area contributed by atoms with E-state index in [9.17, 15) is 31.3 Å². The molecule has 12 heteroatoms. The van der Waals surface area contributed by atoms with Crippen molar-refractivity contribution < 1.29 is 45.4 Å². The second-order valence-electron chi connectivity index (χ2n) is 5.20. The number of nitrogens with zero attached hydrogens (tertiary/aromatic N) is 1. The monoisotopic (exact) mass is 425 g/mol. The van der Waals surface area contributed by atoms with Crippen LogP contribution in [0, 0.1) is 29.1 Å². The van der Waals surface area contributed by atoms with Crippen LogP contribution in [0.25, 0.3) is 0 Å². The van der Waals surface area contributed by atoms with Gasteiger partial charge in [0, 0.05) is 0 Å². The second kappa shape index (κ2) is 9.03. The summed E-state index contributed by atoms with van der Waals surface area (Å²) in [6.07, 6.45) is 0. The van der Waals surface area contributed by atoms with Crippen LogP contribution in [-0.2, 0) is 14.1 Å². The Balaban J connectivity index is 2.39. The molecule has 0 N–H and O–H groups in total. The molecule has 0 saturated heterocycles. The first kappa shape index (κ1) is 21.6. The zero-order chi connectivity index (χ0) is 21.0. The summed E-state index contributed by atoms with van der Waals surface area (Å²) in [6.45, 7) is 1.17. The Bertz CT molecular complexity index is 870. The van der Waals surface area contributed by atoms with Crippen LogP contribution >= 0.6 is 8.18 Å². The maximum Gasteiger partial charge on any atom is 0.341 e. The molecule has 2 atom stereocenters. The number of methoxy groups -OCH3 is 1. The minimum Gasteiger partial charge on any atom is -0.468 e. The Labute approximate surface area is 156 Å². The number of carbonyl (C=O) groups is 1. The summed E-state index contributed by atoms with van der Waals surface area (Å²) in [4.78, 5) is 17.4. The lowest BCUT2D eigenvalue weighted by Gasteiger charge is -2.25. The summed E-state index contributed by atoms with van der Waals surface area (Å²) in [7, 11) is -2.88. The number of hydrogen-bond donors (Lipinski definition) is 0. The standard InChI is InChI=1S/C16H13F5NO5P/c1-8(16(23)25-2)22(26-9-6-4-3-5-7-9)28(24)27-15-13(20)11(18)10(17)12(19)14(15)21/h3-8,28H,1-2H3. The van der Waals surface area contributed by atoms with Crippen molar-refractivity contribution in [3.63, 3.8) is 0 Å². The van der Waals surface area contributed by atoms with E-state index in [0.29, 0.717) is 4.83 Å². The summed E-state index contributed by atoms with van der Waals surface area (Å²) >= 11 is 0. The van der Waals surface area contributed by atoms with Gasteiger partial charge in [0.2, 0.25) is 34.8 Å². The molecule has 0 spiro atoms. The van der Waals surface area contributed by atoms with Crippen LogP contribution in [0.5, 0.6) is 11.5 Å². The van der Waals surface area contributed by atoms with Gasteiger partial charge in [0.15, 0.2) is 6.04 Å². The molecule has 0 heterocycles. The van der Waals surface area contributed by atoms with E-state index in [1.807, 2.05) is 0 Å². The van der Waals surface area contributed by atoms with Crippen molar-refractivity contribution in [1.29, 1.82) is 0 Å². The molecule has 0 radical (unpaired) electrons. The fraction of sp³-hybridized carbons (Fsp3) is 0.188. The van der Waals surface area contributed by atoms with E-state index in [0.717, 1.165) is 7.11 Å². The van der Waals surface area contributed by atoms with Gasteiger partial charge >= 0.3 is 14.1 Å². The topological polar surface area (TPSA) is 65.1 Å². The number of hydrogen-bond acceptors (Lipinski definition) is 5. The highest BCUT2D eigenvalue weighted by molar-refractivity contribution is 7.36. The molecule has 2 aromatic rings. The zero-order valence-electron chi connectivity index (χ0n) is 14.3. The summed E-state index contributed by atoms with van der Waals surface area (Å²) in [5.41, 5.74) is 0. The molecule has 0 amide bonds. The molecule has 0 aliphatic heterocycles. The number of benzene rings is 2. The number of halogens is 5. The molecule has 0 aliphatic carbocycles. The van der Waals surface area contributed by atoms with Gasteiger partial charge in [0.1, 0.15) is 5.75 Å². The molecule has 0 bridgehead atoms. The lowest BCUT2D eigenvalue weighted by molar-refractivity contribution is -0.151. The van der Waals surface area contributed by atoms with Gasteiger partial charge in [-0.1, -0.05) is 18.2 Å². The molecular formula is C16H13F5NO5P. The van der Waals surface area contributed by atoms with Crippen LogP contribution in [0.2, 0.25) is 0 Å². The lowest BCUT2D eigenvalue weighted by Crippen LogP contribution is -2.38. The summed E-state index contributed by atoms with van der Waals surface area (Å²) < 4.78 is 88.7. The van der Waals surface area contributed by atoms with Crippen molar-refractivity contribution >= 4 is 14.1 Å². The average molecular weight is 425 g/mol. The van der Waals surface area contributed by atoms with E-state index in [2.05, 4.69) is 9.26 Å². The van der Waals surface area contributed by atoms with Gasteiger partial charge in [-0.05, 0) is 23.9 Å². The normalized spacial score (nSPS) is 13.1. The van der Waals surface area contributed by atoms with Crippen LogP contribution < -0.4 is 9.36 Å². The van der Waals surface area contributed by atoms with Crippen LogP contribution in [-0.4, -0.2) is 24.0 Å². The van der Waals surface area contributed by atoms with Gasteiger partial charge in [-0.2, -0.15) is 8.78 Å². The smallest absolute Gasteiger partial charge is 0.341 e. The first-order valence-corrected chi connectivity index (χ1v) is 8.78. The third kappa shape index (κ3) is 4.42. The predicted molar refractivity (Wildman–Crippen MR) is 86.2 cm³/mol. The van der Waals surface area contributed by atoms with Gasteiger partial charge in [0.05, 0.1) is 7.11 Å². The molecule has 0 aliphatic rings. The number of ether oxygens (including phenoxy) is 1. The van der Waals surface area contributed by atoms with Crippen molar-refractivity contribution in [3.8, 4) is 11.5 Å². The highest BCUT2D eigenvalue weighted by atomic mass is 31.1. The largest absolute Gasteiger partial charge is 0.468 e. The van der Waals surface area contributed by atoms with Gasteiger partial charge < -0.3 is 14.1 Å². The molecule has 0 fully saturated rings. The molecule has 2 unspecified atom stereocenters. The van der Waals surface area contributed by atoms with E-state index in [-0.39, 0.29) is 5.75 Å². The van der Waals surface area contributed by atoms with E-state index < -0.39 is 55.0 Å². The second-order valence-corrected chi connectivity index (χ2v) is 6.37. The molecular weight excluding hydrogens is 412 g/mol. The molecule has 6 nitrogen and oxygen atoms in total. The van der Waals surface area contributed by atoms with Crippen molar-refractivity contribution in [3.05, 3.63) is 59.4 Å². The van der Waals surface area contributed by atoms with Crippen LogP contribution in [0.3, 0.4) is 0 Å². The first-order chi connectivity index (χ1) is 13.2. The van der Waals surface area contributed by atoms with E-state index in [1.165, 1.54) is 31.2 Å². The van der Waals surface area contributed by atoms with Crippen molar-refractivity contribution in [2.24, 2.45) is 0 Å². The molecule has 0 aromatic heterocycles. The molecule has 2 rings (SSSR count). The van der Waals surface area contributed by atoms with Crippen LogP contribution in [0.4, 0.5) is 22.0 Å². The van der Waals surface area contributed by atoms with Gasteiger partial charge in [0.25, 0.3) is 0 Å². The SMILES string of the molecule is COC(=O)C(C)N(Oc1ccccc1)[PH](=O)Oc1c(F)c(F)c(F)c(F)c1F. The Kier molecular flexibility index (Phi) is 6.98. The third-order valence-corrected chi connectivity index (χ3v) is 4.60. The lowest BCUT2D eigenvalue weighted by atomic mass is 10.3. The Morgan fingerprint density at radius 3 is 1.96 bits per heavy atom. The third-order valence-electron chi connectivity index (χ3n) is 3.38. The van der Waals surface area contributed by atoms with Crippen molar-refractivity contribution in [2.45, 2.75) is 13.0 Å². The molecule has 152 valence electrons. The molecule has 28 heavy (non-hydrogen) atoms. The zero-order valence-corrected chi connectivity index (χ0v) is 15.3. The van der Waals surface area contributed by atoms with Gasteiger partial charge in [-0.15, -0.1) is 0 Å². The maximum atomic E-state index is 13.8. The fourth-order valence-corrected chi connectivity index (χ4v) is 2.99. The summed E-state index contributed by atoms with van der Waals surface area (Å²) in [6, 6.07) is 6.04. The number of para-hydroxylation sites is 1. The Morgan fingerprint density at radius 2 is 1.46 bits per heavy atom. The minimum atomic E-state index is -3.90. The highest BCUT2D eigenvalue weighted by Gasteiger charge is 2.34.